The Morgan fingerprint density at radius 3 is 2.31 bits per heavy atom. The lowest BCUT2D eigenvalue weighted by atomic mass is 10.1. The molecule has 1 N–H and O–H groups in total. The molecule has 5 heteroatoms. The van der Waals surface area contributed by atoms with Crippen molar-refractivity contribution in [2.24, 2.45) is 5.18 Å². The largest absolute Gasteiger partial charge is 0.309 e. The Labute approximate surface area is 152 Å². The number of nitrogens with one attached hydrogen (secondary N) is 1. The molecule has 5 nitrogen and oxygen atoms in total. The second-order valence-electron chi connectivity index (χ2n) is 6.21. The first-order chi connectivity index (χ1) is 12.7. The van der Waals surface area contributed by atoms with Crippen molar-refractivity contribution in [3.8, 4) is 0 Å². The van der Waals surface area contributed by atoms with Gasteiger partial charge in [-0.2, -0.15) is 0 Å². The van der Waals surface area contributed by atoms with Crippen LogP contribution in [0.5, 0.6) is 0 Å². The van der Waals surface area contributed by atoms with Crippen molar-refractivity contribution in [1.82, 2.24) is 9.88 Å². The lowest BCUT2D eigenvalue weighted by molar-refractivity contribution is 0.573. The first-order valence-electron chi connectivity index (χ1n) is 8.57. The van der Waals surface area contributed by atoms with Crippen molar-refractivity contribution in [2.45, 2.75) is 26.1 Å². The molecule has 132 valence electrons. The molecule has 0 radical (unpaired) electrons. The van der Waals surface area contributed by atoms with Gasteiger partial charge in [-0.3, -0.25) is 4.79 Å². The summed E-state index contributed by atoms with van der Waals surface area (Å²) in [7, 11) is 0. The molecule has 1 aromatic heterocycles. The Balaban J connectivity index is 1.77. The molecule has 0 spiro atoms. The molecular weight excluding hydrogens is 326 g/mol. The molecule has 3 rings (SSSR count). The number of nitroso groups, excluding NO2 is 1. The lowest BCUT2D eigenvalue weighted by Gasteiger charge is -2.15. The van der Waals surface area contributed by atoms with E-state index in [0.717, 1.165) is 11.1 Å². The molecule has 0 saturated carbocycles. The average molecular weight is 347 g/mol. The van der Waals surface area contributed by atoms with Crippen LogP contribution in [-0.2, 0) is 13.1 Å². The SMILES string of the molecule is C[C@@H](NCc1ccn(Cc2ccccc2)c(=O)c1N=O)c1ccccc1. The van der Waals surface area contributed by atoms with E-state index >= 15 is 0 Å². The number of pyridine rings is 1. The highest BCUT2D eigenvalue weighted by atomic mass is 16.3. The summed E-state index contributed by atoms with van der Waals surface area (Å²) in [6.07, 6.45) is 1.72. The molecule has 0 bridgehead atoms. The molecule has 0 unspecified atom stereocenters. The molecule has 3 aromatic rings. The maximum absolute atomic E-state index is 12.6. The maximum Gasteiger partial charge on any atom is 0.280 e. The van der Waals surface area contributed by atoms with Crippen LogP contribution in [0.1, 0.15) is 29.7 Å². The molecular formula is C21H21N3O2. The summed E-state index contributed by atoms with van der Waals surface area (Å²) >= 11 is 0. The highest BCUT2D eigenvalue weighted by molar-refractivity contribution is 5.43. The zero-order chi connectivity index (χ0) is 18.4. The summed E-state index contributed by atoms with van der Waals surface area (Å²) in [5.74, 6) is 0. The van der Waals surface area contributed by atoms with Gasteiger partial charge in [-0.05, 0) is 29.3 Å². The Morgan fingerprint density at radius 2 is 1.65 bits per heavy atom. The van der Waals surface area contributed by atoms with Crippen molar-refractivity contribution in [2.75, 3.05) is 0 Å². The van der Waals surface area contributed by atoms with E-state index in [-0.39, 0.29) is 17.3 Å². The Hall–Kier alpha value is -3.05. The van der Waals surface area contributed by atoms with Crippen molar-refractivity contribution in [3.63, 3.8) is 0 Å². The fourth-order valence-corrected chi connectivity index (χ4v) is 2.87. The van der Waals surface area contributed by atoms with Crippen LogP contribution in [-0.4, -0.2) is 4.57 Å². The molecule has 2 aromatic carbocycles. The van der Waals surface area contributed by atoms with E-state index < -0.39 is 0 Å². The number of rotatable bonds is 7. The van der Waals surface area contributed by atoms with Gasteiger partial charge in [-0.25, -0.2) is 0 Å². The van der Waals surface area contributed by atoms with Gasteiger partial charge in [0.25, 0.3) is 5.56 Å². The van der Waals surface area contributed by atoms with E-state index in [4.69, 9.17) is 0 Å². The van der Waals surface area contributed by atoms with Crippen molar-refractivity contribution >= 4 is 5.69 Å². The second kappa shape index (κ2) is 8.36. The van der Waals surface area contributed by atoms with Crippen LogP contribution in [0, 0.1) is 4.91 Å². The molecule has 0 amide bonds. The van der Waals surface area contributed by atoms with Crippen LogP contribution < -0.4 is 10.9 Å². The fraction of sp³-hybridized carbons (Fsp3) is 0.190. The van der Waals surface area contributed by atoms with Gasteiger partial charge in [0.1, 0.15) is 0 Å². The van der Waals surface area contributed by atoms with Gasteiger partial charge in [0.15, 0.2) is 5.69 Å². The molecule has 0 aliphatic heterocycles. The standard InChI is InChI=1S/C21H21N3O2/c1-16(18-10-6-3-7-11-18)22-14-19-12-13-24(21(25)20(19)23-26)15-17-8-4-2-5-9-17/h2-13,16,22H,14-15H2,1H3/t16-/m1/s1. The lowest BCUT2D eigenvalue weighted by Crippen LogP contribution is -2.24. The highest BCUT2D eigenvalue weighted by Crippen LogP contribution is 2.17. The molecule has 0 aliphatic carbocycles. The topological polar surface area (TPSA) is 63.5 Å². The predicted molar refractivity (Wildman–Crippen MR) is 103 cm³/mol. The molecule has 0 aliphatic rings. The first-order valence-corrected chi connectivity index (χ1v) is 8.57. The minimum Gasteiger partial charge on any atom is -0.309 e. The van der Waals surface area contributed by atoms with Crippen LogP contribution in [0.2, 0.25) is 0 Å². The van der Waals surface area contributed by atoms with Crippen LogP contribution >= 0.6 is 0 Å². The minimum absolute atomic E-state index is 0.0313. The Morgan fingerprint density at radius 1 is 1.00 bits per heavy atom. The van der Waals surface area contributed by atoms with Crippen molar-refractivity contribution in [3.05, 3.63) is 105 Å². The molecule has 1 heterocycles. The monoisotopic (exact) mass is 347 g/mol. The first kappa shape index (κ1) is 17.8. The number of hydrogen-bond acceptors (Lipinski definition) is 4. The molecule has 1 atom stereocenters. The van der Waals surface area contributed by atoms with Gasteiger partial charge in [0.2, 0.25) is 0 Å². The third kappa shape index (κ3) is 4.13. The zero-order valence-electron chi connectivity index (χ0n) is 14.6. The minimum atomic E-state index is -0.365. The van der Waals surface area contributed by atoms with E-state index in [1.165, 1.54) is 4.57 Å². The average Bonchev–Trinajstić information content (AvgIpc) is 2.69. The quantitative estimate of drug-likeness (QED) is 0.653. The van der Waals surface area contributed by atoms with E-state index in [1.54, 1.807) is 12.3 Å². The zero-order valence-corrected chi connectivity index (χ0v) is 14.6. The summed E-state index contributed by atoms with van der Waals surface area (Å²) < 4.78 is 1.51. The normalized spacial score (nSPS) is 11.9. The summed E-state index contributed by atoms with van der Waals surface area (Å²) in [6, 6.07) is 21.5. The van der Waals surface area contributed by atoms with E-state index in [9.17, 15) is 9.70 Å². The van der Waals surface area contributed by atoms with Crippen LogP contribution in [0.15, 0.2) is 82.9 Å². The predicted octanol–water partition coefficient (Wildman–Crippen LogP) is 4.15. The molecule has 0 saturated heterocycles. The smallest absolute Gasteiger partial charge is 0.280 e. The summed E-state index contributed by atoms with van der Waals surface area (Å²) in [5.41, 5.74) is 2.35. The highest BCUT2D eigenvalue weighted by Gasteiger charge is 2.13. The third-order valence-corrected chi connectivity index (χ3v) is 4.41. The van der Waals surface area contributed by atoms with Crippen LogP contribution in [0.3, 0.4) is 0 Å². The van der Waals surface area contributed by atoms with Gasteiger partial charge in [-0.1, -0.05) is 60.7 Å². The summed E-state index contributed by atoms with van der Waals surface area (Å²) in [4.78, 5) is 23.9. The maximum atomic E-state index is 12.6. The van der Waals surface area contributed by atoms with Gasteiger partial charge >= 0.3 is 0 Å². The van der Waals surface area contributed by atoms with E-state index in [1.807, 2.05) is 67.6 Å². The fourth-order valence-electron chi connectivity index (χ4n) is 2.87. The Bertz CT molecular complexity index is 921. The van der Waals surface area contributed by atoms with E-state index in [2.05, 4.69) is 10.5 Å². The van der Waals surface area contributed by atoms with E-state index in [0.29, 0.717) is 18.7 Å². The molecule has 0 fully saturated rings. The van der Waals surface area contributed by atoms with Gasteiger partial charge < -0.3 is 9.88 Å². The third-order valence-electron chi connectivity index (χ3n) is 4.41. The second-order valence-corrected chi connectivity index (χ2v) is 6.21. The van der Waals surface area contributed by atoms with Crippen molar-refractivity contribution in [1.29, 1.82) is 0 Å². The number of nitrogens with zero attached hydrogens (tertiary/aromatic N) is 2. The van der Waals surface area contributed by atoms with Crippen LogP contribution in [0.4, 0.5) is 5.69 Å². The summed E-state index contributed by atoms with van der Waals surface area (Å²) in [6.45, 7) is 2.86. The summed E-state index contributed by atoms with van der Waals surface area (Å²) in [5, 5.41) is 6.34. The van der Waals surface area contributed by atoms with Crippen molar-refractivity contribution < 1.29 is 0 Å². The van der Waals surface area contributed by atoms with Crippen LogP contribution in [0.25, 0.3) is 0 Å². The van der Waals surface area contributed by atoms with Gasteiger partial charge in [0.05, 0.1) is 6.54 Å². The number of aromatic nitrogens is 1. The number of benzene rings is 2. The van der Waals surface area contributed by atoms with Gasteiger partial charge in [0, 0.05) is 24.3 Å². The molecule has 26 heavy (non-hydrogen) atoms. The number of hydrogen-bond donors (Lipinski definition) is 1. The Kier molecular flexibility index (Phi) is 5.71. The van der Waals surface area contributed by atoms with Gasteiger partial charge in [-0.15, -0.1) is 4.91 Å².